The van der Waals surface area contributed by atoms with Crippen LogP contribution < -0.4 is 9.64 Å². The van der Waals surface area contributed by atoms with Crippen molar-refractivity contribution in [3.63, 3.8) is 0 Å². The lowest BCUT2D eigenvalue weighted by molar-refractivity contribution is -0.130. The molecule has 6 heteroatoms. The monoisotopic (exact) mass is 398 g/mol. The minimum atomic E-state index is -0.887. The Kier molecular flexibility index (Phi) is 4.13. The lowest BCUT2D eigenvalue weighted by atomic mass is 9.86. The molecule has 0 radical (unpaired) electrons. The molecule has 0 aromatic heterocycles. The molecule has 0 aliphatic carbocycles. The normalized spacial score (nSPS) is 20.2. The summed E-state index contributed by atoms with van der Waals surface area (Å²) >= 11 is 0. The lowest BCUT2D eigenvalue weighted by Crippen LogP contribution is -2.67. The molecule has 30 heavy (non-hydrogen) atoms. The quantitative estimate of drug-likeness (QED) is 0.499. The van der Waals surface area contributed by atoms with Crippen LogP contribution >= 0.6 is 0 Å². The fourth-order valence-corrected chi connectivity index (χ4v) is 4.20. The Bertz CT molecular complexity index is 1120. The minimum absolute atomic E-state index is 0.288. The Labute approximate surface area is 173 Å². The molecule has 148 valence electrons. The van der Waals surface area contributed by atoms with E-state index >= 15 is 0 Å². The summed E-state index contributed by atoms with van der Waals surface area (Å²) in [4.78, 5) is 42.0. The van der Waals surface area contributed by atoms with Crippen molar-refractivity contribution >= 4 is 23.4 Å². The Hall–Kier alpha value is -3.93. The number of methoxy groups -OCH3 is 1. The number of nitrogens with zero attached hydrogens (tertiary/aromatic N) is 2. The molecule has 0 bridgehead atoms. The van der Waals surface area contributed by atoms with Gasteiger partial charge in [0.15, 0.2) is 0 Å². The number of hydrogen-bond donors (Lipinski definition) is 0. The Morgan fingerprint density at radius 3 is 1.80 bits per heavy atom. The smallest absolute Gasteiger partial charge is 0.262 e. The van der Waals surface area contributed by atoms with Crippen LogP contribution in [-0.2, 0) is 4.79 Å². The summed E-state index contributed by atoms with van der Waals surface area (Å²) in [6.45, 7) is 0. The van der Waals surface area contributed by atoms with Gasteiger partial charge in [0, 0.05) is 5.69 Å². The van der Waals surface area contributed by atoms with E-state index in [1.54, 1.807) is 60.5 Å². The van der Waals surface area contributed by atoms with Crippen LogP contribution in [0, 0.1) is 0 Å². The first-order valence-corrected chi connectivity index (χ1v) is 9.61. The van der Waals surface area contributed by atoms with Crippen LogP contribution in [-0.4, -0.2) is 35.8 Å². The zero-order valence-corrected chi connectivity index (χ0v) is 16.2. The molecule has 2 heterocycles. The highest BCUT2D eigenvalue weighted by Gasteiger charge is 2.57. The maximum Gasteiger partial charge on any atom is 0.262 e. The second-order valence-electron chi connectivity index (χ2n) is 7.23. The highest BCUT2D eigenvalue weighted by atomic mass is 16.5. The van der Waals surface area contributed by atoms with E-state index in [-0.39, 0.29) is 5.91 Å². The molecule has 3 aromatic rings. The number of ether oxygens (including phenoxy) is 1. The average Bonchev–Trinajstić information content (AvgIpc) is 3.04. The van der Waals surface area contributed by atoms with Gasteiger partial charge in [0.05, 0.1) is 24.3 Å². The summed E-state index contributed by atoms with van der Waals surface area (Å²) in [7, 11) is 1.58. The van der Waals surface area contributed by atoms with E-state index in [1.807, 2.05) is 30.3 Å². The lowest BCUT2D eigenvalue weighted by Gasteiger charge is -2.49. The molecule has 3 aromatic carbocycles. The number of rotatable bonds is 4. The number of anilines is 1. The zero-order chi connectivity index (χ0) is 20.8. The van der Waals surface area contributed by atoms with Gasteiger partial charge in [-0.3, -0.25) is 19.3 Å². The number of hydrogen-bond acceptors (Lipinski definition) is 4. The summed E-state index contributed by atoms with van der Waals surface area (Å²) in [6.07, 6.45) is 0. The van der Waals surface area contributed by atoms with Gasteiger partial charge in [-0.2, -0.15) is 0 Å². The van der Waals surface area contributed by atoms with Crippen LogP contribution in [0.15, 0.2) is 78.9 Å². The molecule has 3 amide bonds. The van der Waals surface area contributed by atoms with Crippen molar-refractivity contribution in [3.05, 3.63) is 95.6 Å². The van der Waals surface area contributed by atoms with Crippen molar-refractivity contribution in [2.75, 3.05) is 12.0 Å². The topological polar surface area (TPSA) is 66.9 Å². The van der Waals surface area contributed by atoms with E-state index in [9.17, 15) is 14.4 Å². The Morgan fingerprint density at radius 1 is 0.667 bits per heavy atom. The fraction of sp³-hybridized carbons (Fsp3) is 0.125. The first-order valence-electron chi connectivity index (χ1n) is 9.61. The van der Waals surface area contributed by atoms with Crippen LogP contribution in [0.3, 0.4) is 0 Å². The number of carbonyl (C=O) groups is 3. The van der Waals surface area contributed by atoms with E-state index in [0.717, 1.165) is 10.5 Å². The molecule has 0 saturated carbocycles. The molecule has 2 unspecified atom stereocenters. The van der Waals surface area contributed by atoms with Crippen molar-refractivity contribution in [1.82, 2.24) is 4.90 Å². The van der Waals surface area contributed by atoms with Crippen LogP contribution in [0.4, 0.5) is 5.69 Å². The number of carbonyl (C=O) groups excluding carboxylic acids is 3. The van der Waals surface area contributed by atoms with Crippen LogP contribution in [0.1, 0.15) is 32.3 Å². The zero-order valence-electron chi connectivity index (χ0n) is 16.2. The average molecular weight is 398 g/mol. The van der Waals surface area contributed by atoms with Crippen molar-refractivity contribution in [2.24, 2.45) is 0 Å². The van der Waals surface area contributed by atoms with E-state index in [0.29, 0.717) is 22.6 Å². The molecule has 2 atom stereocenters. The van der Waals surface area contributed by atoms with Crippen LogP contribution in [0.25, 0.3) is 0 Å². The largest absolute Gasteiger partial charge is 0.497 e. The van der Waals surface area contributed by atoms with E-state index in [4.69, 9.17) is 4.74 Å². The summed E-state index contributed by atoms with van der Waals surface area (Å²) < 4.78 is 5.20. The van der Waals surface area contributed by atoms with Gasteiger partial charge in [-0.1, -0.05) is 42.5 Å². The van der Waals surface area contributed by atoms with E-state index in [1.165, 1.54) is 0 Å². The first kappa shape index (κ1) is 18.1. The van der Waals surface area contributed by atoms with Gasteiger partial charge in [0.1, 0.15) is 11.8 Å². The molecular formula is C24H18N2O4. The summed E-state index contributed by atoms with van der Waals surface area (Å²) in [5.41, 5.74) is 2.21. The molecule has 2 aliphatic heterocycles. The third kappa shape index (κ3) is 2.54. The molecule has 2 aliphatic rings. The molecule has 1 fully saturated rings. The van der Waals surface area contributed by atoms with Crippen molar-refractivity contribution in [3.8, 4) is 5.75 Å². The van der Waals surface area contributed by atoms with Gasteiger partial charge in [-0.25, -0.2) is 0 Å². The minimum Gasteiger partial charge on any atom is -0.497 e. The number of β-lactam (4-membered cyclic amide) rings is 1. The summed E-state index contributed by atoms with van der Waals surface area (Å²) in [5, 5.41) is 0. The predicted octanol–water partition coefficient (Wildman–Crippen LogP) is 3.45. The van der Waals surface area contributed by atoms with Crippen molar-refractivity contribution in [2.45, 2.75) is 12.1 Å². The molecular weight excluding hydrogens is 380 g/mol. The maximum atomic E-state index is 13.3. The number of amides is 3. The van der Waals surface area contributed by atoms with Gasteiger partial charge < -0.3 is 9.64 Å². The number of imide groups is 1. The number of fused-ring (bicyclic) bond motifs is 1. The molecule has 6 nitrogen and oxygen atoms in total. The second-order valence-corrected chi connectivity index (χ2v) is 7.23. The summed E-state index contributed by atoms with van der Waals surface area (Å²) in [5.74, 6) is -0.461. The molecule has 5 rings (SSSR count). The molecule has 1 saturated heterocycles. The highest BCUT2D eigenvalue weighted by molar-refractivity contribution is 6.24. The van der Waals surface area contributed by atoms with Crippen molar-refractivity contribution in [1.29, 1.82) is 0 Å². The maximum absolute atomic E-state index is 13.3. The Morgan fingerprint density at radius 2 is 1.23 bits per heavy atom. The highest BCUT2D eigenvalue weighted by Crippen LogP contribution is 2.44. The van der Waals surface area contributed by atoms with Gasteiger partial charge >= 0.3 is 0 Å². The second kappa shape index (κ2) is 6.84. The Balaban J connectivity index is 1.56. The van der Waals surface area contributed by atoms with Crippen LogP contribution in [0.2, 0.25) is 0 Å². The third-order valence-electron chi connectivity index (χ3n) is 5.66. The standard InChI is InChI=1S/C24H18N2O4/c1-30-17-13-11-16(12-14-17)25-20(15-7-3-2-4-8-15)21(24(25)29)26-22(27)18-9-5-6-10-19(18)23(26)28/h2-14,20-21H,1H3. The van der Waals surface area contributed by atoms with Gasteiger partial charge in [-0.05, 0) is 42.0 Å². The molecule has 0 spiro atoms. The third-order valence-corrected chi connectivity index (χ3v) is 5.66. The van der Waals surface area contributed by atoms with Gasteiger partial charge in [0.25, 0.3) is 17.7 Å². The fourth-order valence-electron chi connectivity index (χ4n) is 4.20. The molecule has 0 N–H and O–H groups in total. The van der Waals surface area contributed by atoms with Crippen molar-refractivity contribution < 1.29 is 19.1 Å². The SMILES string of the molecule is COc1ccc(N2C(=O)C(N3C(=O)c4ccccc4C3=O)C2c2ccccc2)cc1. The first-order chi connectivity index (χ1) is 14.6. The van der Waals surface area contributed by atoms with Gasteiger partial charge in [0.2, 0.25) is 0 Å². The van der Waals surface area contributed by atoms with E-state index in [2.05, 4.69) is 0 Å². The summed E-state index contributed by atoms with van der Waals surface area (Å²) in [6, 6.07) is 21.9. The van der Waals surface area contributed by atoms with Gasteiger partial charge in [-0.15, -0.1) is 0 Å². The predicted molar refractivity (Wildman–Crippen MR) is 110 cm³/mol. The van der Waals surface area contributed by atoms with E-state index < -0.39 is 23.9 Å². The number of benzene rings is 3. The van der Waals surface area contributed by atoms with Crippen LogP contribution in [0.5, 0.6) is 5.75 Å².